The van der Waals surface area contributed by atoms with Crippen LogP contribution < -0.4 is 15.0 Å². The van der Waals surface area contributed by atoms with E-state index in [2.05, 4.69) is 10.2 Å². The van der Waals surface area contributed by atoms with Crippen LogP contribution in [-0.2, 0) is 15.1 Å². The molecule has 0 unspecified atom stereocenters. The van der Waals surface area contributed by atoms with Crippen LogP contribution in [0.3, 0.4) is 0 Å². The molecule has 1 saturated carbocycles. The van der Waals surface area contributed by atoms with Crippen LogP contribution in [-0.4, -0.2) is 54.0 Å². The molecule has 42 heavy (non-hydrogen) atoms. The fourth-order valence-electron chi connectivity index (χ4n) is 7.27. The summed E-state index contributed by atoms with van der Waals surface area (Å²) >= 11 is 12.6. The molecule has 7 rings (SSSR count). The molecule has 4 atom stereocenters. The quantitative estimate of drug-likeness (QED) is 0.381. The second-order valence-electron chi connectivity index (χ2n) is 11.4. The van der Waals surface area contributed by atoms with E-state index in [1.54, 1.807) is 41.3 Å². The third-order valence-electron chi connectivity index (χ3n) is 9.18. The van der Waals surface area contributed by atoms with Crippen molar-refractivity contribution < 1.29 is 28.6 Å². The summed E-state index contributed by atoms with van der Waals surface area (Å²) < 4.78 is 21.3. The zero-order valence-corrected chi connectivity index (χ0v) is 24.0. The van der Waals surface area contributed by atoms with Crippen LogP contribution in [0.1, 0.15) is 40.2 Å². The largest absolute Gasteiger partial charge is 0.496 e. The van der Waals surface area contributed by atoms with Gasteiger partial charge in [0.25, 0.3) is 0 Å². The van der Waals surface area contributed by atoms with E-state index in [-0.39, 0.29) is 40.3 Å². The number of carbonyl (C=O) groups excluding carboxylic acids is 2. The fraction of sp³-hybridized carbons (Fsp3) is 0.323. The van der Waals surface area contributed by atoms with Crippen LogP contribution in [0.4, 0.5) is 15.8 Å². The first-order valence-corrected chi connectivity index (χ1v) is 14.5. The average Bonchev–Trinajstić information content (AvgIpc) is 3.59. The van der Waals surface area contributed by atoms with Crippen molar-refractivity contribution in [3.05, 3.63) is 87.2 Å². The van der Waals surface area contributed by atoms with Crippen LogP contribution in [0.25, 0.3) is 0 Å². The van der Waals surface area contributed by atoms with Gasteiger partial charge in [0.2, 0.25) is 11.8 Å². The molecule has 4 aliphatic rings. The molecule has 3 fully saturated rings. The second-order valence-corrected chi connectivity index (χ2v) is 12.2. The van der Waals surface area contributed by atoms with Gasteiger partial charge in [0, 0.05) is 53.1 Å². The molecule has 3 aliphatic heterocycles. The number of ether oxygens (including phenoxy) is 1. The third-order valence-corrected chi connectivity index (χ3v) is 9.71. The summed E-state index contributed by atoms with van der Waals surface area (Å²) in [6, 6.07) is 13.9. The van der Waals surface area contributed by atoms with Gasteiger partial charge in [-0.3, -0.25) is 14.5 Å². The number of amides is 2. The molecule has 0 bridgehead atoms. The number of fused-ring (bicyclic) bond motifs is 3. The van der Waals surface area contributed by atoms with E-state index in [9.17, 15) is 19.5 Å². The first-order valence-electron chi connectivity index (χ1n) is 13.7. The predicted octanol–water partition coefficient (Wildman–Crippen LogP) is 5.53. The highest BCUT2D eigenvalue weighted by molar-refractivity contribution is 6.31. The normalized spacial score (nSPS) is 26.5. The van der Waals surface area contributed by atoms with Crippen molar-refractivity contribution in [2.75, 3.05) is 30.4 Å². The maximum absolute atomic E-state index is 16.0. The number of anilines is 2. The third kappa shape index (κ3) is 3.80. The molecule has 2 amide bonds. The van der Waals surface area contributed by atoms with Crippen molar-refractivity contribution in [1.82, 2.24) is 4.90 Å². The van der Waals surface area contributed by atoms with Crippen molar-refractivity contribution in [1.29, 1.82) is 0 Å². The van der Waals surface area contributed by atoms with Crippen molar-refractivity contribution in [3.8, 4) is 5.75 Å². The summed E-state index contributed by atoms with van der Waals surface area (Å²) in [5.41, 5.74) is 0.463. The monoisotopic (exact) mass is 609 g/mol. The summed E-state index contributed by atoms with van der Waals surface area (Å²) in [6.07, 6.45) is 2.00. The van der Waals surface area contributed by atoms with E-state index in [0.29, 0.717) is 34.4 Å². The minimum Gasteiger partial charge on any atom is -0.496 e. The molecule has 11 heteroatoms. The average molecular weight is 610 g/mol. The van der Waals surface area contributed by atoms with Gasteiger partial charge in [-0.05, 0) is 54.7 Å². The molecule has 2 saturated heterocycles. The molecule has 3 heterocycles. The molecule has 216 valence electrons. The number of hydrogen-bond acceptors (Lipinski definition) is 5. The number of halogens is 3. The summed E-state index contributed by atoms with van der Waals surface area (Å²) in [4.78, 5) is 44.1. The SMILES string of the molecule is COc1cc(N2C[C@H]3[C@@H](C2=O)[C@H](c2cccc(Cl)c2F)[C@]2(C(=O)Nc4cc(Cl)ccc42)N3CC2CC2)ccc1C(=O)O. The predicted molar refractivity (Wildman–Crippen MR) is 155 cm³/mol. The molecule has 2 N–H and O–H groups in total. The number of nitrogens with zero attached hydrogens (tertiary/aromatic N) is 2. The Labute approximate surface area is 251 Å². The van der Waals surface area contributed by atoms with Crippen LogP contribution in [0, 0.1) is 17.7 Å². The van der Waals surface area contributed by atoms with E-state index in [4.69, 9.17) is 27.9 Å². The number of carboxylic acid groups (broad SMARTS) is 1. The van der Waals surface area contributed by atoms with Gasteiger partial charge in [0.1, 0.15) is 22.7 Å². The number of carboxylic acids is 1. The zero-order valence-electron chi connectivity index (χ0n) is 22.4. The maximum Gasteiger partial charge on any atom is 0.339 e. The topological polar surface area (TPSA) is 99.2 Å². The minimum atomic E-state index is -1.37. The Morgan fingerprint density at radius 3 is 2.64 bits per heavy atom. The van der Waals surface area contributed by atoms with E-state index >= 15 is 4.39 Å². The minimum absolute atomic E-state index is 0.0285. The summed E-state index contributed by atoms with van der Waals surface area (Å²) in [7, 11) is 1.37. The van der Waals surface area contributed by atoms with Gasteiger partial charge < -0.3 is 20.1 Å². The lowest BCUT2D eigenvalue weighted by Crippen LogP contribution is -2.54. The van der Waals surface area contributed by atoms with Crippen molar-refractivity contribution >= 4 is 52.4 Å². The number of benzene rings is 3. The molecular weight excluding hydrogens is 584 g/mol. The molecule has 3 aromatic carbocycles. The number of methoxy groups -OCH3 is 1. The number of likely N-dealkylation sites (tertiary alicyclic amines) is 1. The lowest BCUT2D eigenvalue weighted by molar-refractivity contribution is -0.128. The molecule has 0 radical (unpaired) electrons. The van der Waals surface area contributed by atoms with Gasteiger partial charge in [0.05, 0.1) is 18.1 Å². The number of rotatable bonds is 6. The van der Waals surface area contributed by atoms with E-state index < -0.39 is 35.2 Å². The zero-order chi connectivity index (χ0) is 29.5. The molecule has 1 aliphatic carbocycles. The van der Waals surface area contributed by atoms with Crippen molar-refractivity contribution in [2.45, 2.75) is 30.3 Å². The number of aromatic carboxylic acids is 1. The number of nitrogens with one attached hydrogen (secondary N) is 1. The van der Waals surface area contributed by atoms with E-state index in [1.807, 2.05) is 0 Å². The van der Waals surface area contributed by atoms with E-state index in [1.165, 1.54) is 25.3 Å². The molecular formula is C31H26Cl2FN3O5. The fourth-order valence-corrected chi connectivity index (χ4v) is 7.63. The van der Waals surface area contributed by atoms with Gasteiger partial charge in [-0.25, -0.2) is 9.18 Å². The van der Waals surface area contributed by atoms with Crippen LogP contribution in [0.15, 0.2) is 54.6 Å². The molecule has 0 aromatic heterocycles. The standard InChI is InChI=1S/C31H26Cl2FN3O5/c1-42-24-12-17(8-9-18(24)29(39)40)36-14-23-25(28(36)38)26(19-3-2-4-21(33)27(19)34)31(37(23)13-15-5-6-15)20-10-7-16(32)11-22(20)35-30(31)41/h2-4,7-12,15,23,25-26H,5-6,13-14H2,1H3,(H,35,41)(H,39,40)/t23-,25+,26-,31+/m0/s1. The first-order chi connectivity index (χ1) is 20.2. The highest BCUT2D eigenvalue weighted by atomic mass is 35.5. The Balaban J connectivity index is 1.43. The lowest BCUT2D eigenvalue weighted by atomic mass is 9.71. The molecule has 3 aromatic rings. The van der Waals surface area contributed by atoms with Gasteiger partial charge in [-0.2, -0.15) is 0 Å². The summed E-state index contributed by atoms with van der Waals surface area (Å²) in [5, 5.41) is 12.9. The Morgan fingerprint density at radius 2 is 1.93 bits per heavy atom. The van der Waals surface area contributed by atoms with Gasteiger partial charge in [-0.1, -0.05) is 41.4 Å². The Hall–Kier alpha value is -3.66. The lowest BCUT2D eigenvalue weighted by Gasteiger charge is -2.41. The molecule has 8 nitrogen and oxygen atoms in total. The highest BCUT2D eigenvalue weighted by Crippen LogP contribution is 2.62. The van der Waals surface area contributed by atoms with Crippen molar-refractivity contribution in [3.63, 3.8) is 0 Å². The van der Waals surface area contributed by atoms with E-state index in [0.717, 1.165) is 12.8 Å². The number of carbonyl (C=O) groups is 3. The van der Waals surface area contributed by atoms with Crippen molar-refractivity contribution in [2.24, 2.45) is 11.8 Å². The Kier molecular flexibility index (Phi) is 6.27. The van der Waals surface area contributed by atoms with Crippen LogP contribution in [0.5, 0.6) is 5.75 Å². The van der Waals surface area contributed by atoms with Crippen LogP contribution in [0.2, 0.25) is 10.0 Å². The smallest absolute Gasteiger partial charge is 0.339 e. The van der Waals surface area contributed by atoms with Gasteiger partial charge >= 0.3 is 5.97 Å². The van der Waals surface area contributed by atoms with Gasteiger partial charge in [0.15, 0.2) is 0 Å². The van der Waals surface area contributed by atoms with Crippen LogP contribution >= 0.6 is 23.2 Å². The van der Waals surface area contributed by atoms with Gasteiger partial charge in [-0.15, -0.1) is 0 Å². The maximum atomic E-state index is 16.0. The Bertz CT molecular complexity index is 1680. The second kappa shape index (κ2) is 9.69. The number of hydrogen-bond donors (Lipinski definition) is 2. The summed E-state index contributed by atoms with van der Waals surface area (Å²) in [5.74, 6) is -3.67. The summed E-state index contributed by atoms with van der Waals surface area (Å²) in [6.45, 7) is 0.778. The molecule has 1 spiro atoms. The first kappa shape index (κ1) is 27.2. The Morgan fingerprint density at radius 1 is 1.14 bits per heavy atom. The highest BCUT2D eigenvalue weighted by Gasteiger charge is 2.71.